The highest BCUT2D eigenvalue weighted by molar-refractivity contribution is 7.80. The van der Waals surface area contributed by atoms with Crippen molar-refractivity contribution in [3.8, 4) is 0 Å². The monoisotopic (exact) mass is 276 g/mol. The first-order valence-corrected chi connectivity index (χ1v) is 6.55. The number of carbonyl (C=O) groups excluding carboxylic acids is 1. The summed E-state index contributed by atoms with van der Waals surface area (Å²) < 4.78 is 21.8. The zero-order chi connectivity index (χ0) is 13.8. The van der Waals surface area contributed by atoms with Gasteiger partial charge < -0.3 is 5.73 Å². The summed E-state index contributed by atoms with van der Waals surface area (Å²) in [6, 6.07) is 13.3. The Labute approximate surface area is 112 Å². The van der Waals surface area contributed by atoms with E-state index in [4.69, 9.17) is 10.3 Å². The standard InChI is InChI=1S/C13H12N2O3S/c14-11-7-6-10(8-12(11)15-19(17)18)13(16)9-4-2-1-3-5-9/h1-8,15H,14H2,(H,17,18). The predicted octanol–water partition coefficient (Wildman–Crippen LogP) is 2.05. The van der Waals surface area contributed by atoms with E-state index in [9.17, 15) is 9.00 Å². The number of ketones is 1. The molecule has 0 bridgehead atoms. The van der Waals surface area contributed by atoms with E-state index in [1.165, 1.54) is 12.1 Å². The van der Waals surface area contributed by atoms with Crippen LogP contribution in [0.2, 0.25) is 0 Å². The maximum Gasteiger partial charge on any atom is 0.259 e. The number of hydrogen-bond donors (Lipinski definition) is 3. The van der Waals surface area contributed by atoms with Crippen LogP contribution in [-0.4, -0.2) is 14.5 Å². The molecule has 0 fully saturated rings. The van der Waals surface area contributed by atoms with Crippen molar-refractivity contribution >= 4 is 28.4 Å². The summed E-state index contributed by atoms with van der Waals surface area (Å²) in [5.41, 5.74) is 7.15. The maximum absolute atomic E-state index is 12.2. The fraction of sp³-hybridized carbons (Fsp3) is 0. The minimum absolute atomic E-state index is 0.174. The van der Waals surface area contributed by atoms with Crippen molar-refractivity contribution in [2.24, 2.45) is 0 Å². The first kappa shape index (κ1) is 13.3. The fourth-order valence-electron chi connectivity index (χ4n) is 1.64. The molecule has 98 valence electrons. The molecule has 2 aromatic rings. The Kier molecular flexibility index (Phi) is 3.94. The van der Waals surface area contributed by atoms with Crippen molar-refractivity contribution in [2.75, 3.05) is 10.5 Å². The SMILES string of the molecule is Nc1ccc(C(=O)c2ccccc2)cc1NS(=O)O. The Bertz CT molecular complexity index is 629. The van der Waals surface area contributed by atoms with Crippen LogP contribution < -0.4 is 10.5 Å². The molecule has 0 aliphatic heterocycles. The average Bonchev–Trinajstić information content (AvgIpc) is 2.41. The third-order valence-electron chi connectivity index (χ3n) is 2.55. The zero-order valence-corrected chi connectivity index (χ0v) is 10.7. The Morgan fingerprint density at radius 2 is 1.79 bits per heavy atom. The van der Waals surface area contributed by atoms with Crippen LogP contribution >= 0.6 is 0 Å². The largest absolute Gasteiger partial charge is 0.397 e. The van der Waals surface area contributed by atoms with E-state index in [0.717, 1.165) is 0 Å². The lowest BCUT2D eigenvalue weighted by Crippen LogP contribution is -2.07. The summed E-state index contributed by atoms with van der Waals surface area (Å²) in [6.07, 6.45) is 0. The number of nitrogen functional groups attached to an aromatic ring is 1. The van der Waals surface area contributed by atoms with Gasteiger partial charge in [-0.3, -0.25) is 14.1 Å². The number of anilines is 2. The molecule has 0 aliphatic rings. The third-order valence-corrected chi connectivity index (χ3v) is 2.94. The summed E-state index contributed by atoms with van der Waals surface area (Å²) in [7, 11) is 0. The molecular formula is C13H12N2O3S. The van der Waals surface area contributed by atoms with E-state index in [1.54, 1.807) is 30.3 Å². The van der Waals surface area contributed by atoms with Gasteiger partial charge in [0.2, 0.25) is 0 Å². The summed E-state index contributed by atoms with van der Waals surface area (Å²) in [5.74, 6) is -0.174. The topological polar surface area (TPSA) is 92.4 Å². The minimum atomic E-state index is -2.23. The smallest absolute Gasteiger partial charge is 0.259 e. The fourth-order valence-corrected chi connectivity index (χ4v) is 2.00. The number of nitrogens with two attached hydrogens (primary N) is 1. The first-order chi connectivity index (χ1) is 9.08. The summed E-state index contributed by atoms with van der Waals surface area (Å²) >= 11 is -2.23. The third kappa shape index (κ3) is 3.18. The highest BCUT2D eigenvalue weighted by Crippen LogP contribution is 2.22. The molecule has 1 atom stereocenters. The van der Waals surface area contributed by atoms with Crippen molar-refractivity contribution in [3.63, 3.8) is 0 Å². The van der Waals surface area contributed by atoms with Crippen LogP contribution in [0.5, 0.6) is 0 Å². The van der Waals surface area contributed by atoms with Gasteiger partial charge in [0.05, 0.1) is 11.4 Å². The van der Waals surface area contributed by atoms with Crippen LogP contribution in [0.1, 0.15) is 15.9 Å². The van der Waals surface area contributed by atoms with E-state index >= 15 is 0 Å². The van der Waals surface area contributed by atoms with Gasteiger partial charge in [-0.25, -0.2) is 4.21 Å². The first-order valence-electron chi connectivity index (χ1n) is 5.44. The van der Waals surface area contributed by atoms with E-state index in [1.807, 2.05) is 6.07 Å². The van der Waals surface area contributed by atoms with Gasteiger partial charge in [0, 0.05) is 11.1 Å². The van der Waals surface area contributed by atoms with Gasteiger partial charge >= 0.3 is 0 Å². The van der Waals surface area contributed by atoms with Gasteiger partial charge in [-0.1, -0.05) is 30.3 Å². The Hall–Kier alpha value is -2.18. The van der Waals surface area contributed by atoms with E-state index in [0.29, 0.717) is 16.8 Å². The van der Waals surface area contributed by atoms with Gasteiger partial charge in [-0.2, -0.15) is 0 Å². The molecule has 0 radical (unpaired) electrons. The highest BCUT2D eigenvalue weighted by Gasteiger charge is 2.11. The molecule has 0 amide bonds. The van der Waals surface area contributed by atoms with Crippen LogP contribution in [0.3, 0.4) is 0 Å². The molecular weight excluding hydrogens is 264 g/mol. The Morgan fingerprint density at radius 3 is 2.42 bits per heavy atom. The lowest BCUT2D eigenvalue weighted by Gasteiger charge is -2.08. The molecule has 0 aliphatic carbocycles. The molecule has 0 spiro atoms. The van der Waals surface area contributed by atoms with Gasteiger partial charge in [0.1, 0.15) is 0 Å². The van der Waals surface area contributed by atoms with Crippen molar-refractivity contribution in [2.45, 2.75) is 0 Å². The lowest BCUT2D eigenvalue weighted by atomic mass is 10.0. The van der Waals surface area contributed by atoms with Gasteiger partial charge in [0.25, 0.3) is 11.3 Å². The van der Waals surface area contributed by atoms with Crippen LogP contribution in [0.15, 0.2) is 48.5 Å². The molecule has 0 heterocycles. The maximum atomic E-state index is 12.2. The lowest BCUT2D eigenvalue weighted by molar-refractivity contribution is 0.103. The van der Waals surface area contributed by atoms with Crippen molar-refractivity contribution < 1.29 is 13.6 Å². The average molecular weight is 276 g/mol. The number of benzene rings is 2. The quantitative estimate of drug-likeness (QED) is 0.452. The summed E-state index contributed by atoms with van der Waals surface area (Å²) in [6.45, 7) is 0. The van der Waals surface area contributed by atoms with Crippen molar-refractivity contribution in [1.29, 1.82) is 0 Å². The van der Waals surface area contributed by atoms with E-state index < -0.39 is 11.3 Å². The second kappa shape index (κ2) is 5.64. The van der Waals surface area contributed by atoms with Gasteiger partial charge in [-0.05, 0) is 18.2 Å². The Morgan fingerprint density at radius 1 is 1.11 bits per heavy atom. The second-order valence-corrected chi connectivity index (χ2v) is 4.55. The molecule has 1 unspecified atom stereocenters. The van der Waals surface area contributed by atoms with Gasteiger partial charge in [0.15, 0.2) is 5.78 Å². The molecule has 0 saturated carbocycles. The zero-order valence-electron chi connectivity index (χ0n) is 9.87. The number of nitrogens with one attached hydrogen (secondary N) is 1. The van der Waals surface area contributed by atoms with Crippen molar-refractivity contribution in [3.05, 3.63) is 59.7 Å². The predicted molar refractivity (Wildman–Crippen MR) is 75.1 cm³/mol. The molecule has 0 saturated heterocycles. The molecule has 5 nitrogen and oxygen atoms in total. The number of hydrogen-bond acceptors (Lipinski definition) is 3. The summed E-state index contributed by atoms with van der Waals surface area (Å²) in [5, 5.41) is 0. The molecule has 2 aromatic carbocycles. The number of carbonyl (C=O) groups is 1. The molecule has 2 rings (SSSR count). The van der Waals surface area contributed by atoms with Gasteiger partial charge in [-0.15, -0.1) is 0 Å². The van der Waals surface area contributed by atoms with Crippen LogP contribution in [-0.2, 0) is 11.3 Å². The van der Waals surface area contributed by atoms with Crippen molar-refractivity contribution in [1.82, 2.24) is 0 Å². The normalized spacial score (nSPS) is 11.8. The van der Waals surface area contributed by atoms with Crippen LogP contribution in [0.4, 0.5) is 11.4 Å². The van der Waals surface area contributed by atoms with E-state index in [2.05, 4.69) is 4.72 Å². The number of rotatable bonds is 4. The Balaban J connectivity index is 2.36. The molecule has 6 heteroatoms. The molecule has 4 N–H and O–H groups in total. The van der Waals surface area contributed by atoms with E-state index in [-0.39, 0.29) is 11.5 Å². The summed E-state index contributed by atoms with van der Waals surface area (Å²) in [4.78, 5) is 12.2. The molecule has 19 heavy (non-hydrogen) atoms. The van der Waals surface area contributed by atoms with Crippen LogP contribution in [0.25, 0.3) is 0 Å². The second-order valence-electron chi connectivity index (χ2n) is 3.85. The molecule has 0 aromatic heterocycles. The minimum Gasteiger partial charge on any atom is -0.397 e. The van der Waals surface area contributed by atoms with Crippen LogP contribution in [0, 0.1) is 0 Å². The highest BCUT2D eigenvalue weighted by atomic mass is 32.2.